The Morgan fingerprint density at radius 2 is 1.93 bits per heavy atom. The number of nitrogens with zero attached hydrogens (tertiary/aromatic N) is 3. The van der Waals surface area contributed by atoms with Gasteiger partial charge in [0.25, 0.3) is 0 Å². The molecule has 0 aliphatic carbocycles. The summed E-state index contributed by atoms with van der Waals surface area (Å²) < 4.78 is 1.96. The second-order valence-electron chi connectivity index (χ2n) is 6.51. The van der Waals surface area contributed by atoms with Crippen LogP contribution in [0.5, 0.6) is 0 Å². The average molecular weight is 365 g/mol. The average Bonchev–Trinajstić information content (AvgIpc) is 3.13. The van der Waals surface area contributed by atoms with Gasteiger partial charge in [-0.2, -0.15) is 0 Å². The number of nitrogens with one attached hydrogen (secondary N) is 1. The summed E-state index contributed by atoms with van der Waals surface area (Å²) in [7, 11) is 0. The molecule has 0 aliphatic rings. The van der Waals surface area contributed by atoms with Crippen LogP contribution in [-0.2, 0) is 6.54 Å². The second-order valence-corrected chi connectivity index (χ2v) is 6.51. The summed E-state index contributed by atoms with van der Waals surface area (Å²) in [6, 6.07) is 10.7. The third kappa shape index (κ3) is 6.04. The van der Waals surface area contributed by atoms with Gasteiger partial charge in [0.15, 0.2) is 11.6 Å². The van der Waals surface area contributed by atoms with E-state index in [1.807, 2.05) is 29.0 Å². The highest BCUT2D eigenvalue weighted by molar-refractivity contribution is 5.62. The Morgan fingerprint density at radius 3 is 2.56 bits per heavy atom. The molecule has 2 aromatic rings. The van der Waals surface area contributed by atoms with Crippen LogP contribution in [0.1, 0.15) is 58.1 Å². The van der Waals surface area contributed by atoms with E-state index in [4.69, 9.17) is 10.1 Å². The minimum absolute atomic E-state index is 0.500. The third-order valence-corrected chi connectivity index (χ3v) is 4.63. The number of benzene rings is 1. The largest absolute Gasteiger partial charge is 0.307 e. The van der Waals surface area contributed by atoms with E-state index in [1.165, 1.54) is 5.57 Å². The van der Waals surface area contributed by atoms with Gasteiger partial charge in [-0.1, -0.05) is 56.4 Å². The highest BCUT2D eigenvalue weighted by Crippen LogP contribution is 2.21. The van der Waals surface area contributed by atoms with Crippen LogP contribution in [0, 0.1) is 0 Å². The number of hydrogen-bond acceptors (Lipinski definition) is 3. The predicted molar refractivity (Wildman–Crippen MR) is 115 cm³/mol. The van der Waals surface area contributed by atoms with Gasteiger partial charge in [-0.05, 0) is 50.3 Å². The summed E-state index contributed by atoms with van der Waals surface area (Å²) in [6.07, 6.45) is 12.3. The van der Waals surface area contributed by atoms with Gasteiger partial charge in [0.2, 0.25) is 0 Å². The van der Waals surface area contributed by atoms with Gasteiger partial charge in [0.1, 0.15) is 0 Å². The molecule has 144 valence electrons. The van der Waals surface area contributed by atoms with Gasteiger partial charge in [-0.15, -0.1) is 11.7 Å². The third-order valence-electron chi connectivity index (χ3n) is 4.63. The molecule has 0 unspecified atom stereocenters. The molecular weight excluding hydrogens is 332 g/mol. The molecule has 0 amide bonds. The zero-order valence-corrected chi connectivity index (χ0v) is 16.9. The molecule has 0 bridgehead atoms. The molecule has 27 heavy (non-hydrogen) atoms. The first-order valence-corrected chi connectivity index (χ1v) is 9.89. The molecule has 0 atom stereocenters. The SMILES string of the molecule is C=CCC=CC/C(=C\C)c1nc(CNC(CC)CC)nn1-c1ccccc1. The van der Waals surface area contributed by atoms with E-state index < -0.39 is 0 Å². The first-order valence-electron chi connectivity index (χ1n) is 9.89. The Labute approximate surface area is 163 Å². The van der Waals surface area contributed by atoms with Gasteiger partial charge in [0.05, 0.1) is 12.2 Å². The zero-order valence-electron chi connectivity index (χ0n) is 16.9. The fourth-order valence-corrected chi connectivity index (χ4v) is 2.94. The van der Waals surface area contributed by atoms with Crippen LogP contribution >= 0.6 is 0 Å². The van der Waals surface area contributed by atoms with Crippen molar-refractivity contribution in [1.82, 2.24) is 20.1 Å². The fourth-order valence-electron chi connectivity index (χ4n) is 2.94. The highest BCUT2D eigenvalue weighted by atomic mass is 15.4. The van der Waals surface area contributed by atoms with Crippen molar-refractivity contribution in [2.45, 2.75) is 59.0 Å². The monoisotopic (exact) mass is 364 g/mol. The number of para-hydroxylation sites is 1. The Hall–Kier alpha value is -2.46. The predicted octanol–water partition coefficient (Wildman–Crippen LogP) is 5.47. The molecule has 1 heterocycles. The molecular formula is C23H32N4. The van der Waals surface area contributed by atoms with Gasteiger partial charge < -0.3 is 5.32 Å². The smallest absolute Gasteiger partial charge is 0.165 e. The van der Waals surface area contributed by atoms with Crippen LogP contribution in [0.2, 0.25) is 0 Å². The van der Waals surface area contributed by atoms with Crippen molar-refractivity contribution in [3.05, 3.63) is 72.9 Å². The van der Waals surface area contributed by atoms with Crippen LogP contribution in [0.15, 0.2) is 61.2 Å². The molecule has 0 aliphatic heterocycles. The normalized spacial score (nSPS) is 12.2. The van der Waals surface area contributed by atoms with Crippen LogP contribution in [0.25, 0.3) is 11.3 Å². The molecule has 0 fully saturated rings. The van der Waals surface area contributed by atoms with Crippen molar-refractivity contribution in [3.63, 3.8) is 0 Å². The van der Waals surface area contributed by atoms with Crippen molar-refractivity contribution in [2.24, 2.45) is 0 Å². The van der Waals surface area contributed by atoms with Crippen LogP contribution in [0.3, 0.4) is 0 Å². The van der Waals surface area contributed by atoms with E-state index >= 15 is 0 Å². The summed E-state index contributed by atoms with van der Waals surface area (Å²) in [5, 5.41) is 8.36. The summed E-state index contributed by atoms with van der Waals surface area (Å²) in [5.74, 6) is 1.74. The van der Waals surface area contributed by atoms with E-state index in [0.717, 1.165) is 43.0 Å². The molecule has 2 rings (SSSR count). The van der Waals surface area contributed by atoms with Crippen molar-refractivity contribution >= 4 is 5.57 Å². The molecule has 4 nitrogen and oxygen atoms in total. The number of rotatable bonds is 11. The van der Waals surface area contributed by atoms with Gasteiger partial charge in [-0.3, -0.25) is 0 Å². The molecule has 1 N–H and O–H groups in total. The summed E-state index contributed by atoms with van der Waals surface area (Å²) in [4.78, 5) is 4.86. The van der Waals surface area contributed by atoms with Gasteiger partial charge in [0, 0.05) is 6.04 Å². The lowest BCUT2D eigenvalue weighted by Crippen LogP contribution is -2.27. The minimum atomic E-state index is 0.500. The van der Waals surface area contributed by atoms with Crippen LogP contribution < -0.4 is 5.32 Å². The first kappa shape index (κ1) is 20.8. The summed E-state index contributed by atoms with van der Waals surface area (Å²) in [6.45, 7) is 10.9. The Balaban J connectivity index is 2.31. The number of allylic oxidation sites excluding steroid dienone is 5. The number of aromatic nitrogens is 3. The molecule has 0 spiro atoms. The van der Waals surface area contributed by atoms with Crippen LogP contribution in [0.4, 0.5) is 0 Å². The topological polar surface area (TPSA) is 42.7 Å². The van der Waals surface area contributed by atoms with Crippen molar-refractivity contribution in [1.29, 1.82) is 0 Å². The fraction of sp³-hybridized carbons (Fsp3) is 0.391. The van der Waals surface area contributed by atoms with Crippen molar-refractivity contribution in [2.75, 3.05) is 0 Å². The molecule has 1 aromatic heterocycles. The lowest BCUT2D eigenvalue weighted by molar-refractivity contribution is 0.476. The van der Waals surface area contributed by atoms with Crippen molar-refractivity contribution in [3.8, 4) is 5.69 Å². The lowest BCUT2D eigenvalue weighted by atomic mass is 10.1. The van der Waals surface area contributed by atoms with E-state index in [9.17, 15) is 0 Å². The van der Waals surface area contributed by atoms with E-state index in [1.54, 1.807) is 0 Å². The van der Waals surface area contributed by atoms with Crippen molar-refractivity contribution < 1.29 is 0 Å². The molecule has 4 heteroatoms. The Morgan fingerprint density at radius 1 is 1.19 bits per heavy atom. The van der Waals surface area contributed by atoms with E-state index in [0.29, 0.717) is 12.6 Å². The Bertz CT molecular complexity index is 752. The van der Waals surface area contributed by atoms with E-state index in [-0.39, 0.29) is 0 Å². The quantitative estimate of drug-likeness (QED) is 0.538. The molecule has 0 saturated heterocycles. The zero-order chi connectivity index (χ0) is 19.5. The molecule has 1 aromatic carbocycles. The Kier molecular flexibility index (Phi) is 8.72. The maximum Gasteiger partial charge on any atom is 0.165 e. The maximum atomic E-state index is 4.86. The molecule has 0 radical (unpaired) electrons. The maximum absolute atomic E-state index is 4.86. The standard InChI is InChI=1S/C23H32N4/c1-5-9-10-12-15-19(6-2)23-25-22(18-24-20(7-3)8-4)26-27(23)21-16-13-11-14-17-21/h5-6,10-14,16-17,20,24H,1,7-9,15,18H2,2-4H3/b12-10?,19-6+. The highest BCUT2D eigenvalue weighted by Gasteiger charge is 2.15. The second kappa shape index (κ2) is 11.3. The summed E-state index contributed by atoms with van der Waals surface area (Å²) >= 11 is 0. The first-order chi connectivity index (χ1) is 13.2. The molecule has 0 saturated carbocycles. The van der Waals surface area contributed by atoms with E-state index in [2.05, 4.69) is 63.0 Å². The van der Waals surface area contributed by atoms with Gasteiger partial charge >= 0.3 is 0 Å². The number of hydrogen-bond donors (Lipinski definition) is 1. The van der Waals surface area contributed by atoms with Crippen LogP contribution in [-0.4, -0.2) is 20.8 Å². The minimum Gasteiger partial charge on any atom is -0.307 e. The summed E-state index contributed by atoms with van der Waals surface area (Å²) in [5.41, 5.74) is 2.20. The van der Waals surface area contributed by atoms with Gasteiger partial charge in [-0.25, -0.2) is 9.67 Å². The lowest BCUT2D eigenvalue weighted by Gasteiger charge is -2.12.